The van der Waals surface area contributed by atoms with Crippen LogP contribution < -0.4 is 20.0 Å². The molecule has 35 heavy (non-hydrogen) atoms. The second-order valence-corrected chi connectivity index (χ2v) is 9.63. The van der Waals surface area contributed by atoms with E-state index in [0.29, 0.717) is 13.1 Å². The van der Waals surface area contributed by atoms with Crippen LogP contribution in [0.4, 0.5) is 11.6 Å². The highest BCUT2D eigenvalue weighted by Crippen LogP contribution is 2.19. The van der Waals surface area contributed by atoms with Crippen LogP contribution in [0.2, 0.25) is 0 Å². The molecule has 11 heteroatoms. The highest BCUT2D eigenvalue weighted by Gasteiger charge is 2.19. The number of anilines is 2. The molecule has 0 bridgehead atoms. The zero-order valence-corrected chi connectivity index (χ0v) is 20.0. The fourth-order valence-corrected chi connectivity index (χ4v) is 4.48. The van der Waals surface area contributed by atoms with Gasteiger partial charge in [0.2, 0.25) is 5.95 Å². The molecule has 184 valence electrons. The lowest BCUT2D eigenvalue weighted by molar-refractivity contribution is -0.147. The summed E-state index contributed by atoms with van der Waals surface area (Å²) in [7, 11) is -3.89. The highest BCUT2D eigenvalue weighted by molar-refractivity contribution is 7.89. The standard InChI is InChI=1S/C24H28N6O4S/c31-23(34-28-35(32,33)22-5-2-1-3-6-22)11-14-25-19-20-7-9-21(10-8-20)29-15-17-30(18-16-29)24-26-12-4-13-27-24/h1-10,12-13,25,28H,11,14-19H2. The summed E-state index contributed by atoms with van der Waals surface area (Å²) in [6.07, 6.45) is 3.56. The average Bonchev–Trinajstić information content (AvgIpc) is 2.91. The Balaban J connectivity index is 1.15. The molecule has 1 aromatic heterocycles. The Kier molecular flexibility index (Phi) is 8.24. The first-order valence-electron chi connectivity index (χ1n) is 11.3. The fraction of sp³-hybridized carbons (Fsp3) is 0.292. The molecule has 3 aromatic rings. The molecule has 0 amide bonds. The summed E-state index contributed by atoms with van der Waals surface area (Å²) in [5.41, 5.74) is 2.25. The van der Waals surface area contributed by atoms with Crippen LogP contribution in [0, 0.1) is 0 Å². The third-order valence-corrected chi connectivity index (χ3v) is 6.77. The molecule has 1 aliphatic rings. The van der Waals surface area contributed by atoms with Gasteiger partial charge in [-0.1, -0.05) is 30.3 Å². The molecule has 2 aromatic carbocycles. The Morgan fingerprint density at radius 2 is 1.54 bits per heavy atom. The Bertz CT molecular complexity index is 1190. The Labute approximate surface area is 205 Å². The molecular weight excluding hydrogens is 468 g/mol. The van der Waals surface area contributed by atoms with Crippen LogP contribution in [0.1, 0.15) is 12.0 Å². The molecule has 1 fully saturated rings. The molecule has 0 spiro atoms. The van der Waals surface area contributed by atoms with Gasteiger partial charge in [0.05, 0.1) is 11.3 Å². The third-order valence-electron chi connectivity index (χ3n) is 5.57. The van der Waals surface area contributed by atoms with Gasteiger partial charge in [0.15, 0.2) is 0 Å². The van der Waals surface area contributed by atoms with Gasteiger partial charge in [0.1, 0.15) is 0 Å². The monoisotopic (exact) mass is 496 g/mol. The summed E-state index contributed by atoms with van der Waals surface area (Å²) < 4.78 is 24.1. The van der Waals surface area contributed by atoms with Gasteiger partial charge < -0.3 is 20.0 Å². The van der Waals surface area contributed by atoms with Gasteiger partial charge >= 0.3 is 5.97 Å². The van der Waals surface area contributed by atoms with E-state index in [1.165, 1.54) is 12.1 Å². The van der Waals surface area contributed by atoms with Gasteiger partial charge in [0, 0.05) is 57.3 Å². The number of hydrogen-bond acceptors (Lipinski definition) is 9. The first kappa shape index (κ1) is 24.6. The Morgan fingerprint density at radius 3 is 2.23 bits per heavy atom. The normalized spacial score (nSPS) is 14.1. The van der Waals surface area contributed by atoms with Gasteiger partial charge in [0.25, 0.3) is 10.0 Å². The lowest BCUT2D eigenvalue weighted by atomic mass is 10.1. The van der Waals surface area contributed by atoms with E-state index in [4.69, 9.17) is 4.84 Å². The van der Waals surface area contributed by atoms with Crippen molar-refractivity contribution in [1.29, 1.82) is 0 Å². The maximum absolute atomic E-state index is 12.1. The molecule has 4 rings (SSSR count). The zero-order chi connectivity index (χ0) is 24.5. The summed E-state index contributed by atoms with van der Waals surface area (Å²) >= 11 is 0. The van der Waals surface area contributed by atoms with Gasteiger partial charge in [-0.3, -0.25) is 4.79 Å². The second kappa shape index (κ2) is 11.7. The topological polar surface area (TPSA) is 117 Å². The van der Waals surface area contributed by atoms with Gasteiger partial charge in [-0.05, 0) is 40.8 Å². The number of carbonyl (C=O) groups excluding carboxylic acids is 1. The number of hydrogen-bond donors (Lipinski definition) is 2. The molecule has 0 saturated carbocycles. The zero-order valence-electron chi connectivity index (χ0n) is 19.2. The maximum atomic E-state index is 12.1. The minimum atomic E-state index is -3.89. The smallest absolute Gasteiger partial charge is 0.327 e. The molecule has 1 saturated heterocycles. The Hall–Kier alpha value is -3.54. The highest BCUT2D eigenvalue weighted by atomic mass is 32.2. The number of nitrogens with one attached hydrogen (secondary N) is 2. The first-order chi connectivity index (χ1) is 17.0. The van der Waals surface area contributed by atoms with Crippen molar-refractivity contribution in [2.24, 2.45) is 0 Å². The third kappa shape index (κ3) is 6.98. The van der Waals surface area contributed by atoms with Gasteiger partial charge in [-0.2, -0.15) is 0 Å². The van der Waals surface area contributed by atoms with Crippen LogP contribution in [0.15, 0.2) is 78.0 Å². The minimum Gasteiger partial charge on any atom is -0.368 e. The van der Waals surface area contributed by atoms with Gasteiger partial charge in [-0.15, -0.1) is 0 Å². The van der Waals surface area contributed by atoms with Crippen LogP contribution >= 0.6 is 0 Å². The second-order valence-electron chi connectivity index (χ2n) is 7.99. The van der Waals surface area contributed by atoms with Crippen molar-refractivity contribution < 1.29 is 18.0 Å². The maximum Gasteiger partial charge on any atom is 0.327 e. The first-order valence-corrected chi connectivity index (χ1v) is 12.8. The van der Waals surface area contributed by atoms with Crippen molar-refractivity contribution in [2.75, 3.05) is 42.5 Å². The molecule has 2 N–H and O–H groups in total. The van der Waals surface area contributed by atoms with Crippen LogP contribution in [0.25, 0.3) is 0 Å². The van der Waals surface area contributed by atoms with Crippen molar-refractivity contribution in [1.82, 2.24) is 20.2 Å². The summed E-state index contributed by atoms with van der Waals surface area (Å²) in [4.78, 5) is 31.6. The number of benzene rings is 2. The predicted octanol–water partition coefficient (Wildman–Crippen LogP) is 1.72. The molecule has 10 nitrogen and oxygen atoms in total. The fourth-order valence-electron chi connectivity index (χ4n) is 3.67. The number of sulfonamides is 1. The van der Waals surface area contributed by atoms with Crippen LogP contribution in [0.3, 0.4) is 0 Å². The van der Waals surface area contributed by atoms with E-state index >= 15 is 0 Å². The molecule has 1 aliphatic heterocycles. The molecular formula is C24H28N6O4S. The number of piperazine rings is 1. The lowest BCUT2D eigenvalue weighted by Gasteiger charge is -2.36. The van der Waals surface area contributed by atoms with Crippen molar-refractivity contribution in [2.45, 2.75) is 17.9 Å². The van der Waals surface area contributed by atoms with Crippen LogP contribution in [-0.4, -0.2) is 57.1 Å². The van der Waals surface area contributed by atoms with E-state index in [1.54, 1.807) is 30.6 Å². The summed E-state index contributed by atoms with van der Waals surface area (Å²) in [5.74, 6) is 0.110. The number of aromatic nitrogens is 2. The van der Waals surface area contributed by atoms with E-state index in [2.05, 4.69) is 49.4 Å². The number of nitrogens with zero attached hydrogens (tertiary/aromatic N) is 4. The van der Waals surface area contributed by atoms with E-state index in [0.717, 1.165) is 43.4 Å². The van der Waals surface area contributed by atoms with Crippen molar-refractivity contribution in [3.8, 4) is 0 Å². The van der Waals surface area contributed by atoms with Crippen LogP contribution in [-0.2, 0) is 26.2 Å². The van der Waals surface area contributed by atoms with Crippen molar-refractivity contribution >= 4 is 27.6 Å². The Morgan fingerprint density at radius 1 is 0.886 bits per heavy atom. The quantitative estimate of drug-likeness (QED) is 0.320. The predicted molar refractivity (Wildman–Crippen MR) is 132 cm³/mol. The minimum absolute atomic E-state index is 0.0291. The van der Waals surface area contributed by atoms with E-state index in [9.17, 15) is 13.2 Å². The largest absolute Gasteiger partial charge is 0.368 e. The summed E-state index contributed by atoms with van der Waals surface area (Å²) in [6.45, 7) is 4.47. The van der Waals surface area contributed by atoms with Crippen molar-refractivity contribution in [3.05, 3.63) is 78.6 Å². The van der Waals surface area contributed by atoms with Crippen LogP contribution in [0.5, 0.6) is 0 Å². The summed E-state index contributed by atoms with van der Waals surface area (Å²) in [5, 5.41) is 3.17. The van der Waals surface area contributed by atoms with Gasteiger partial charge in [-0.25, -0.2) is 18.4 Å². The van der Waals surface area contributed by atoms with E-state index in [-0.39, 0.29) is 11.3 Å². The summed E-state index contributed by atoms with van der Waals surface area (Å²) in [6, 6.07) is 17.8. The molecule has 0 aliphatic carbocycles. The SMILES string of the molecule is O=C(CCNCc1ccc(N2CCN(c3ncccn3)CC2)cc1)ONS(=O)(=O)c1ccccc1. The number of carbonyl (C=O) groups is 1. The molecule has 0 unspecified atom stereocenters. The van der Waals surface area contributed by atoms with E-state index in [1.807, 2.05) is 11.0 Å². The van der Waals surface area contributed by atoms with E-state index < -0.39 is 16.0 Å². The lowest BCUT2D eigenvalue weighted by Crippen LogP contribution is -2.47. The molecule has 0 atom stereocenters. The molecule has 2 heterocycles. The molecule has 0 radical (unpaired) electrons. The number of rotatable bonds is 10. The average molecular weight is 497 g/mol. The van der Waals surface area contributed by atoms with Crippen molar-refractivity contribution in [3.63, 3.8) is 0 Å².